The molecule has 1 amide bonds. The van der Waals surface area contributed by atoms with Crippen molar-refractivity contribution in [2.75, 3.05) is 5.32 Å². The molecule has 1 N–H and O–H groups in total. The topological polar surface area (TPSA) is 42.0 Å². The number of thiazole rings is 1. The molecule has 5 heteroatoms. The number of anilines is 1. The molecule has 122 valence electrons. The highest BCUT2D eigenvalue weighted by molar-refractivity contribution is 14.1. The number of hydrogen-bond acceptors (Lipinski definition) is 3. The van der Waals surface area contributed by atoms with Crippen LogP contribution in [0.4, 0.5) is 5.69 Å². The molecule has 3 nitrogen and oxygen atoms in total. The van der Waals surface area contributed by atoms with Crippen molar-refractivity contribution in [3.8, 4) is 10.6 Å². The summed E-state index contributed by atoms with van der Waals surface area (Å²) in [6.45, 7) is 0. The van der Waals surface area contributed by atoms with E-state index in [1.165, 1.54) is 0 Å². The lowest BCUT2D eigenvalue weighted by Crippen LogP contribution is -2.11. The summed E-state index contributed by atoms with van der Waals surface area (Å²) in [7, 11) is 0. The number of nitrogens with zero attached hydrogens (tertiary/aromatic N) is 1. The zero-order valence-corrected chi connectivity index (χ0v) is 16.0. The van der Waals surface area contributed by atoms with Crippen LogP contribution in [0.1, 0.15) is 10.4 Å². The van der Waals surface area contributed by atoms with E-state index in [1.807, 2.05) is 66.7 Å². The number of benzene rings is 3. The molecule has 0 atom stereocenters. The van der Waals surface area contributed by atoms with Crippen LogP contribution in [0.2, 0.25) is 0 Å². The van der Waals surface area contributed by atoms with E-state index < -0.39 is 0 Å². The Morgan fingerprint density at radius 3 is 2.56 bits per heavy atom. The number of aromatic nitrogens is 1. The van der Waals surface area contributed by atoms with Crippen molar-refractivity contribution in [2.45, 2.75) is 0 Å². The van der Waals surface area contributed by atoms with Crippen LogP contribution < -0.4 is 5.32 Å². The summed E-state index contributed by atoms with van der Waals surface area (Å²) >= 11 is 3.87. The number of nitrogens with one attached hydrogen (secondary N) is 1. The Hall–Kier alpha value is -2.25. The van der Waals surface area contributed by atoms with Crippen LogP contribution in [0.25, 0.3) is 20.8 Å². The zero-order chi connectivity index (χ0) is 17.2. The molecule has 1 heterocycles. The highest BCUT2D eigenvalue weighted by Crippen LogP contribution is 2.31. The number of carbonyl (C=O) groups excluding carboxylic acids is 1. The van der Waals surface area contributed by atoms with Crippen LogP contribution in [-0.4, -0.2) is 10.9 Å². The molecular formula is C20H13IN2OS. The van der Waals surface area contributed by atoms with Gasteiger partial charge in [0, 0.05) is 20.4 Å². The minimum atomic E-state index is -0.113. The second kappa shape index (κ2) is 6.93. The predicted molar refractivity (Wildman–Crippen MR) is 112 cm³/mol. The van der Waals surface area contributed by atoms with Gasteiger partial charge in [0.1, 0.15) is 5.01 Å². The van der Waals surface area contributed by atoms with Crippen LogP contribution in [0.5, 0.6) is 0 Å². The van der Waals surface area contributed by atoms with Crippen molar-refractivity contribution < 1.29 is 4.79 Å². The summed E-state index contributed by atoms with van der Waals surface area (Å²) in [5.74, 6) is -0.113. The van der Waals surface area contributed by atoms with E-state index in [1.54, 1.807) is 11.3 Å². The van der Waals surface area contributed by atoms with Gasteiger partial charge in [-0.1, -0.05) is 24.3 Å². The van der Waals surface area contributed by atoms with E-state index >= 15 is 0 Å². The number of carbonyl (C=O) groups is 1. The molecule has 0 saturated carbocycles. The van der Waals surface area contributed by atoms with Gasteiger partial charge < -0.3 is 5.32 Å². The average molecular weight is 456 g/mol. The van der Waals surface area contributed by atoms with E-state index in [2.05, 4.69) is 39.0 Å². The monoisotopic (exact) mass is 456 g/mol. The van der Waals surface area contributed by atoms with Gasteiger partial charge in [-0.2, -0.15) is 0 Å². The van der Waals surface area contributed by atoms with Crippen LogP contribution in [0.3, 0.4) is 0 Å². The molecule has 1 aromatic heterocycles. The van der Waals surface area contributed by atoms with Crippen molar-refractivity contribution in [2.24, 2.45) is 0 Å². The van der Waals surface area contributed by atoms with E-state index in [-0.39, 0.29) is 5.91 Å². The number of fused-ring (bicyclic) bond motifs is 1. The van der Waals surface area contributed by atoms with Crippen molar-refractivity contribution in [3.63, 3.8) is 0 Å². The maximum absolute atomic E-state index is 12.4. The van der Waals surface area contributed by atoms with E-state index in [9.17, 15) is 4.79 Å². The molecule has 0 aliphatic carbocycles. The maximum atomic E-state index is 12.4. The quantitative estimate of drug-likeness (QED) is 0.395. The number of para-hydroxylation sites is 1. The fraction of sp³-hybridized carbons (Fsp3) is 0. The molecule has 0 fully saturated rings. The minimum Gasteiger partial charge on any atom is -0.322 e. The first-order valence-electron chi connectivity index (χ1n) is 7.72. The second-order valence-electron chi connectivity index (χ2n) is 5.53. The summed E-state index contributed by atoms with van der Waals surface area (Å²) in [5.41, 5.74) is 3.41. The molecule has 0 bridgehead atoms. The fourth-order valence-electron chi connectivity index (χ4n) is 2.53. The van der Waals surface area contributed by atoms with Gasteiger partial charge >= 0.3 is 0 Å². The molecule has 0 aliphatic rings. The molecule has 4 aromatic rings. The number of amides is 1. The molecule has 0 unspecified atom stereocenters. The Labute approximate surface area is 162 Å². The van der Waals surface area contributed by atoms with Gasteiger partial charge in [0.25, 0.3) is 5.91 Å². The Kier molecular flexibility index (Phi) is 4.50. The van der Waals surface area contributed by atoms with Crippen LogP contribution >= 0.6 is 33.9 Å². The third kappa shape index (κ3) is 3.57. The Balaban J connectivity index is 1.60. The molecule has 0 aliphatic heterocycles. The highest BCUT2D eigenvalue weighted by Gasteiger charge is 2.09. The largest absolute Gasteiger partial charge is 0.322 e. The third-order valence-corrected chi connectivity index (χ3v) is 5.57. The first kappa shape index (κ1) is 16.2. The molecule has 0 radical (unpaired) electrons. The van der Waals surface area contributed by atoms with Gasteiger partial charge in [-0.15, -0.1) is 11.3 Å². The number of rotatable bonds is 3. The highest BCUT2D eigenvalue weighted by atomic mass is 127. The van der Waals surface area contributed by atoms with Crippen LogP contribution in [0.15, 0.2) is 72.8 Å². The van der Waals surface area contributed by atoms with E-state index in [0.29, 0.717) is 5.56 Å². The number of halogens is 1. The van der Waals surface area contributed by atoms with Gasteiger partial charge in [-0.3, -0.25) is 4.79 Å². The van der Waals surface area contributed by atoms with Gasteiger partial charge in [-0.25, -0.2) is 4.98 Å². The summed E-state index contributed by atoms with van der Waals surface area (Å²) in [6, 6.07) is 23.4. The lowest BCUT2D eigenvalue weighted by molar-refractivity contribution is 0.102. The lowest BCUT2D eigenvalue weighted by atomic mass is 10.2. The fourth-order valence-corrected chi connectivity index (χ4v) is 3.85. The van der Waals surface area contributed by atoms with Crippen molar-refractivity contribution in [1.82, 2.24) is 4.98 Å². The van der Waals surface area contributed by atoms with E-state index in [0.717, 1.165) is 30.0 Å². The Morgan fingerprint density at radius 2 is 1.76 bits per heavy atom. The lowest BCUT2D eigenvalue weighted by Gasteiger charge is -2.06. The van der Waals surface area contributed by atoms with Gasteiger partial charge in [-0.05, 0) is 71.1 Å². The third-order valence-electron chi connectivity index (χ3n) is 3.77. The Bertz CT molecular complexity index is 1020. The predicted octanol–water partition coefficient (Wildman–Crippen LogP) is 5.82. The average Bonchev–Trinajstić information content (AvgIpc) is 3.07. The molecule has 0 saturated heterocycles. The molecule has 4 rings (SSSR count). The minimum absolute atomic E-state index is 0.113. The first-order chi connectivity index (χ1) is 12.2. The second-order valence-corrected chi connectivity index (χ2v) is 7.80. The van der Waals surface area contributed by atoms with Gasteiger partial charge in [0.2, 0.25) is 0 Å². The smallest absolute Gasteiger partial charge is 0.255 e. The summed E-state index contributed by atoms with van der Waals surface area (Å²) in [6.07, 6.45) is 0. The molecular weight excluding hydrogens is 443 g/mol. The van der Waals surface area contributed by atoms with E-state index in [4.69, 9.17) is 0 Å². The standard InChI is InChI=1S/C20H13IN2OS/c21-15-10-8-13(9-11-15)19(24)22-16-5-3-4-14(12-16)20-23-17-6-1-2-7-18(17)25-20/h1-12H,(H,22,24). The van der Waals surface area contributed by atoms with Gasteiger partial charge in [0.15, 0.2) is 0 Å². The molecule has 0 spiro atoms. The van der Waals surface area contributed by atoms with Crippen molar-refractivity contribution in [1.29, 1.82) is 0 Å². The van der Waals surface area contributed by atoms with Crippen molar-refractivity contribution in [3.05, 3.63) is 81.9 Å². The first-order valence-corrected chi connectivity index (χ1v) is 9.61. The SMILES string of the molecule is O=C(Nc1cccc(-c2nc3ccccc3s2)c1)c1ccc(I)cc1. The number of hydrogen-bond donors (Lipinski definition) is 1. The maximum Gasteiger partial charge on any atom is 0.255 e. The summed E-state index contributed by atoms with van der Waals surface area (Å²) in [4.78, 5) is 17.1. The summed E-state index contributed by atoms with van der Waals surface area (Å²) < 4.78 is 2.26. The Morgan fingerprint density at radius 1 is 0.960 bits per heavy atom. The zero-order valence-electron chi connectivity index (χ0n) is 13.1. The van der Waals surface area contributed by atoms with Crippen LogP contribution in [-0.2, 0) is 0 Å². The summed E-state index contributed by atoms with van der Waals surface area (Å²) in [5, 5.41) is 3.91. The van der Waals surface area contributed by atoms with Gasteiger partial charge in [0.05, 0.1) is 10.2 Å². The van der Waals surface area contributed by atoms with Crippen molar-refractivity contribution >= 4 is 55.7 Å². The van der Waals surface area contributed by atoms with Crippen LogP contribution in [0, 0.1) is 3.57 Å². The molecule has 25 heavy (non-hydrogen) atoms. The normalized spacial score (nSPS) is 10.8. The molecule has 3 aromatic carbocycles.